The summed E-state index contributed by atoms with van der Waals surface area (Å²) in [4.78, 5) is 15.9. The van der Waals surface area contributed by atoms with Gasteiger partial charge in [0.25, 0.3) is 0 Å². The van der Waals surface area contributed by atoms with E-state index < -0.39 is 0 Å². The number of hydrogen-bond acceptors (Lipinski definition) is 6. The smallest absolute Gasteiger partial charge is 0.167 e. The van der Waals surface area contributed by atoms with Gasteiger partial charge in [-0.3, -0.25) is 0 Å². The summed E-state index contributed by atoms with van der Waals surface area (Å²) in [6.07, 6.45) is 0. The summed E-state index contributed by atoms with van der Waals surface area (Å²) in [5.74, 6) is 1.72. The summed E-state index contributed by atoms with van der Waals surface area (Å²) < 4.78 is 15.9. The third-order valence-electron chi connectivity index (χ3n) is 12.0. The number of aromatic nitrogens is 3. The zero-order valence-corrected chi connectivity index (χ0v) is 32.4. The molecule has 0 atom stereocenters. The molecule has 0 aliphatic heterocycles. The molecule has 4 aromatic heterocycles. The van der Waals surface area contributed by atoms with Gasteiger partial charge in [0.1, 0.15) is 61.6 Å². The van der Waals surface area contributed by atoms with E-state index in [4.69, 9.17) is 23.8 Å². The van der Waals surface area contributed by atoms with Gasteiger partial charge >= 0.3 is 0 Å². The SMILES string of the molecule is Bc1c(B)c(B)c(-c2nc(-c3cccc4c3oc3ccccc34)nc(-c3ccc(-c4cccc5c4sc4ccccc45)c4c3oc3ccccc34)n2)c(B)c1B. The number of para-hydroxylation sites is 3. The second-order valence-corrected chi connectivity index (χ2v) is 15.9. The van der Waals surface area contributed by atoms with Crippen LogP contribution in [0.4, 0.5) is 0 Å². The standard InChI is InChI=1S/C45H30B5N3O2S/c46-35-34(36(47)38(49)39(50)37(35)48)45-52-43(28-15-7-12-24-21-9-1-4-16-30(21)54-40(24)28)51-44(53-45)29-20-19-23(33-27-11-2-5-17-31(27)55-41(29)33)26-14-8-13-25-22-10-3-6-18-32(22)56-42(25)26/h1-20H,46-50H2. The van der Waals surface area contributed by atoms with E-state index in [1.165, 1.54) is 42.1 Å². The van der Waals surface area contributed by atoms with Crippen molar-refractivity contribution in [3.8, 4) is 45.3 Å². The highest BCUT2D eigenvalue weighted by atomic mass is 32.1. The molecule has 0 N–H and O–H groups in total. The first kappa shape index (κ1) is 33.1. The second-order valence-electron chi connectivity index (χ2n) is 14.8. The minimum absolute atomic E-state index is 0.545. The first-order chi connectivity index (χ1) is 27.4. The lowest BCUT2D eigenvalue weighted by Gasteiger charge is -2.20. The first-order valence-electron chi connectivity index (χ1n) is 18.9. The average Bonchev–Trinajstić information content (AvgIpc) is 3.94. The first-order valence-corrected chi connectivity index (χ1v) is 19.8. The largest absolute Gasteiger partial charge is 0.455 e. The topological polar surface area (TPSA) is 65.0 Å². The molecule has 0 saturated carbocycles. The van der Waals surface area contributed by atoms with Crippen LogP contribution in [0.5, 0.6) is 0 Å². The molecule has 11 rings (SSSR count). The van der Waals surface area contributed by atoms with Crippen LogP contribution in [-0.4, -0.2) is 54.2 Å². The molecule has 5 nitrogen and oxygen atoms in total. The fourth-order valence-corrected chi connectivity index (χ4v) is 9.91. The van der Waals surface area contributed by atoms with Crippen molar-refractivity contribution >= 4 is 142 Å². The van der Waals surface area contributed by atoms with Gasteiger partial charge in [-0.05, 0) is 35.9 Å². The summed E-state index contributed by atoms with van der Waals surface area (Å²) in [6.45, 7) is 0. The fourth-order valence-electron chi connectivity index (χ4n) is 8.68. The van der Waals surface area contributed by atoms with Crippen LogP contribution in [0.2, 0.25) is 0 Å². The zero-order chi connectivity index (χ0) is 37.8. The minimum Gasteiger partial charge on any atom is -0.455 e. The molecule has 0 saturated heterocycles. The monoisotopic (exact) mass is 731 g/mol. The third kappa shape index (κ3) is 4.77. The molecule has 0 amide bonds. The van der Waals surface area contributed by atoms with E-state index in [1.807, 2.05) is 47.7 Å². The van der Waals surface area contributed by atoms with E-state index in [0.717, 1.165) is 77.1 Å². The van der Waals surface area contributed by atoms with Gasteiger partial charge in [-0.1, -0.05) is 102 Å². The Labute approximate surface area is 330 Å². The van der Waals surface area contributed by atoms with E-state index in [1.54, 1.807) is 0 Å². The van der Waals surface area contributed by atoms with Crippen molar-refractivity contribution in [1.29, 1.82) is 0 Å². The van der Waals surface area contributed by atoms with Crippen molar-refractivity contribution in [3.63, 3.8) is 0 Å². The molecule has 0 bridgehead atoms. The van der Waals surface area contributed by atoms with Gasteiger partial charge in [-0.2, -0.15) is 0 Å². The molecule has 4 heterocycles. The summed E-state index contributed by atoms with van der Waals surface area (Å²) in [5.41, 5.74) is 14.2. The van der Waals surface area contributed by atoms with Gasteiger partial charge in [-0.25, -0.2) is 15.0 Å². The maximum absolute atomic E-state index is 6.86. The maximum Gasteiger partial charge on any atom is 0.167 e. The van der Waals surface area contributed by atoms with Crippen LogP contribution in [0.3, 0.4) is 0 Å². The maximum atomic E-state index is 6.86. The van der Waals surface area contributed by atoms with Crippen LogP contribution in [0.1, 0.15) is 0 Å². The molecule has 11 aromatic rings. The number of hydrogen-bond donors (Lipinski definition) is 0. The number of benzene rings is 7. The summed E-state index contributed by atoms with van der Waals surface area (Å²) in [7, 11) is 10.9. The Hall–Kier alpha value is -6.31. The van der Waals surface area contributed by atoms with E-state index in [2.05, 4.69) is 124 Å². The number of nitrogens with zero attached hydrogens (tertiary/aromatic N) is 3. The molecule has 0 fully saturated rings. The minimum atomic E-state index is 0.545. The van der Waals surface area contributed by atoms with Crippen molar-refractivity contribution in [3.05, 3.63) is 121 Å². The number of thiophene rings is 1. The number of fused-ring (bicyclic) bond motifs is 9. The van der Waals surface area contributed by atoms with Crippen LogP contribution in [0, 0.1) is 0 Å². The average molecular weight is 731 g/mol. The van der Waals surface area contributed by atoms with Gasteiger partial charge in [0.15, 0.2) is 17.5 Å². The lowest BCUT2D eigenvalue weighted by Crippen LogP contribution is -2.55. The van der Waals surface area contributed by atoms with Crippen LogP contribution in [-0.2, 0) is 0 Å². The highest BCUT2D eigenvalue weighted by Gasteiger charge is 2.25. The molecule has 0 spiro atoms. The van der Waals surface area contributed by atoms with E-state index in [-0.39, 0.29) is 0 Å². The molecule has 56 heavy (non-hydrogen) atoms. The number of furan rings is 2. The van der Waals surface area contributed by atoms with Crippen LogP contribution < -0.4 is 27.3 Å². The molecule has 0 aliphatic carbocycles. The van der Waals surface area contributed by atoms with Gasteiger partial charge in [0.05, 0.1) is 11.1 Å². The second kappa shape index (κ2) is 12.4. The van der Waals surface area contributed by atoms with E-state index >= 15 is 0 Å². The summed E-state index contributed by atoms with van der Waals surface area (Å²) in [5, 5.41) is 6.71. The van der Waals surface area contributed by atoms with E-state index in [0.29, 0.717) is 17.5 Å². The predicted molar refractivity (Wildman–Crippen MR) is 250 cm³/mol. The molecular weight excluding hydrogens is 701 g/mol. The molecular formula is C45H30B5N3O2S. The number of rotatable bonds is 4. The Bertz CT molecular complexity index is 3430. The van der Waals surface area contributed by atoms with Gasteiger partial charge in [0.2, 0.25) is 0 Å². The van der Waals surface area contributed by atoms with Crippen molar-refractivity contribution in [2.24, 2.45) is 0 Å². The summed E-state index contributed by atoms with van der Waals surface area (Å²) in [6, 6.07) is 42.3. The summed E-state index contributed by atoms with van der Waals surface area (Å²) >= 11 is 1.84. The molecule has 0 aliphatic rings. The quantitative estimate of drug-likeness (QED) is 0.257. The Morgan fingerprint density at radius 1 is 0.393 bits per heavy atom. The lowest BCUT2D eigenvalue weighted by atomic mass is 9.60. The zero-order valence-electron chi connectivity index (χ0n) is 31.6. The van der Waals surface area contributed by atoms with Crippen molar-refractivity contribution in [2.75, 3.05) is 0 Å². The van der Waals surface area contributed by atoms with Gasteiger partial charge in [-0.15, -0.1) is 27.7 Å². The van der Waals surface area contributed by atoms with Crippen molar-refractivity contribution in [2.45, 2.75) is 0 Å². The Balaban J connectivity index is 1.22. The molecule has 11 heteroatoms. The Morgan fingerprint density at radius 3 is 1.66 bits per heavy atom. The van der Waals surface area contributed by atoms with Gasteiger partial charge < -0.3 is 8.83 Å². The van der Waals surface area contributed by atoms with Crippen molar-refractivity contribution < 1.29 is 8.83 Å². The molecule has 0 radical (unpaired) electrons. The van der Waals surface area contributed by atoms with E-state index in [9.17, 15) is 0 Å². The Kier molecular flexibility index (Phi) is 7.29. The molecule has 258 valence electrons. The van der Waals surface area contributed by atoms with Gasteiger partial charge in [0, 0.05) is 52.8 Å². The highest BCUT2D eigenvalue weighted by molar-refractivity contribution is 7.26. The normalized spacial score (nSPS) is 11.9. The predicted octanol–water partition coefficient (Wildman–Crippen LogP) is 4.00. The fraction of sp³-hybridized carbons (Fsp3) is 0. The van der Waals surface area contributed by atoms with Crippen LogP contribution in [0.25, 0.3) is 109 Å². The van der Waals surface area contributed by atoms with Crippen LogP contribution in [0.15, 0.2) is 130 Å². The third-order valence-corrected chi connectivity index (χ3v) is 13.2. The lowest BCUT2D eigenvalue weighted by molar-refractivity contribution is 0.669. The van der Waals surface area contributed by atoms with Crippen LogP contribution >= 0.6 is 11.3 Å². The Morgan fingerprint density at radius 2 is 0.911 bits per heavy atom. The highest BCUT2D eigenvalue weighted by Crippen LogP contribution is 2.46. The molecule has 7 aromatic carbocycles. The molecule has 0 unspecified atom stereocenters. The van der Waals surface area contributed by atoms with Crippen molar-refractivity contribution in [1.82, 2.24) is 15.0 Å².